The molecule has 1 aromatic rings. The van der Waals surface area contributed by atoms with E-state index in [-0.39, 0.29) is 41.3 Å². The summed E-state index contributed by atoms with van der Waals surface area (Å²) < 4.78 is -0.471. The average molecular weight is 342 g/mol. The Morgan fingerprint density at radius 2 is 2.04 bits per heavy atom. The van der Waals surface area contributed by atoms with E-state index in [1.165, 1.54) is 5.56 Å². The van der Waals surface area contributed by atoms with Gasteiger partial charge in [0.2, 0.25) is 0 Å². The third-order valence-electron chi connectivity index (χ3n) is 8.84. The van der Waals surface area contributed by atoms with Gasteiger partial charge in [0, 0.05) is 37.4 Å². The lowest BCUT2D eigenvalue weighted by molar-refractivity contribution is -1.00. The van der Waals surface area contributed by atoms with Crippen LogP contribution in [0.25, 0.3) is 0 Å². The molecule has 6 aliphatic rings. The van der Waals surface area contributed by atoms with Gasteiger partial charge in [-0.25, -0.2) is 0 Å². The highest BCUT2D eigenvalue weighted by atomic mass is 16.6. The zero-order valence-electron chi connectivity index (χ0n) is 14.7. The number of piperidine rings is 4. The standard InChI is InChI=1S/C20H26N2O3/c1-3-10-11-8-14-17-20(12-6-4-5-7-13(12)21(17)2)9-15(16(11)18(20)23)22(14,25)19(10)24/h4-7,10-11,14-19,23-24H,3,8-9H2,1-2H3/t10-,11-,14-,15-,16-,17-,18+,19+,20+,22?/m0/s1. The van der Waals surface area contributed by atoms with Gasteiger partial charge in [-0.2, -0.15) is 0 Å². The predicted octanol–water partition coefficient (Wildman–Crippen LogP) is 1.57. The molecule has 2 N–H and O–H groups in total. The number of aliphatic hydroxyl groups excluding tert-OH is 2. The molecule has 10 atom stereocenters. The Labute approximate surface area is 148 Å². The molecule has 0 amide bonds. The van der Waals surface area contributed by atoms with Crippen LogP contribution in [0.5, 0.6) is 0 Å². The first-order valence-electron chi connectivity index (χ1n) is 9.75. The summed E-state index contributed by atoms with van der Waals surface area (Å²) in [5.74, 6) is 0.343. The molecule has 5 heterocycles. The second-order valence-corrected chi connectivity index (χ2v) is 9.12. The van der Waals surface area contributed by atoms with Crippen LogP contribution in [0.1, 0.15) is 31.7 Å². The van der Waals surface area contributed by atoms with Gasteiger partial charge < -0.3 is 25.0 Å². The number of hydrogen-bond donors (Lipinski definition) is 2. The zero-order chi connectivity index (χ0) is 17.3. The van der Waals surface area contributed by atoms with Gasteiger partial charge in [0.05, 0.1) is 23.6 Å². The van der Waals surface area contributed by atoms with Crippen molar-refractivity contribution in [3.05, 3.63) is 35.0 Å². The third kappa shape index (κ3) is 1.26. The molecular weight excluding hydrogens is 316 g/mol. The number of rotatable bonds is 1. The first kappa shape index (κ1) is 15.0. The Kier molecular flexibility index (Phi) is 2.53. The molecule has 5 aliphatic heterocycles. The molecule has 1 saturated carbocycles. The lowest BCUT2D eigenvalue weighted by Crippen LogP contribution is -2.80. The number of likely N-dealkylation sites (N-methyl/N-ethyl adjacent to an activating group) is 1. The number of benzene rings is 1. The van der Waals surface area contributed by atoms with E-state index in [0.717, 1.165) is 24.9 Å². The van der Waals surface area contributed by atoms with Crippen molar-refractivity contribution in [2.24, 2.45) is 17.8 Å². The van der Waals surface area contributed by atoms with Crippen LogP contribution in [-0.4, -0.2) is 52.4 Å². The summed E-state index contributed by atoms with van der Waals surface area (Å²) in [6, 6.07) is 8.08. The van der Waals surface area contributed by atoms with Crippen LogP contribution in [0, 0.1) is 23.0 Å². The third-order valence-corrected chi connectivity index (χ3v) is 8.84. The monoisotopic (exact) mass is 342 g/mol. The van der Waals surface area contributed by atoms with Gasteiger partial charge in [-0.15, -0.1) is 0 Å². The number of hydrogen-bond acceptors (Lipinski definition) is 4. The minimum Gasteiger partial charge on any atom is -0.630 e. The van der Waals surface area contributed by atoms with Crippen molar-refractivity contribution in [3.63, 3.8) is 0 Å². The van der Waals surface area contributed by atoms with Crippen LogP contribution in [0.2, 0.25) is 0 Å². The van der Waals surface area contributed by atoms with E-state index >= 15 is 0 Å². The summed E-state index contributed by atoms with van der Waals surface area (Å²) in [6.45, 7) is 2.07. The van der Waals surface area contributed by atoms with Crippen LogP contribution in [0.15, 0.2) is 24.3 Å². The number of anilines is 1. The summed E-state index contributed by atoms with van der Waals surface area (Å²) in [6.07, 6.45) is 1.09. The summed E-state index contributed by atoms with van der Waals surface area (Å²) in [4.78, 5) is 2.24. The van der Waals surface area contributed by atoms with Crippen molar-refractivity contribution < 1.29 is 14.9 Å². The summed E-state index contributed by atoms with van der Waals surface area (Å²) in [5.41, 5.74) is 2.06. The van der Waals surface area contributed by atoms with Gasteiger partial charge in [-0.05, 0) is 24.0 Å². The molecule has 5 heteroatoms. The molecule has 25 heavy (non-hydrogen) atoms. The van der Waals surface area contributed by atoms with Gasteiger partial charge in [-0.3, -0.25) is 0 Å². The van der Waals surface area contributed by atoms with Gasteiger partial charge >= 0.3 is 0 Å². The van der Waals surface area contributed by atoms with Crippen molar-refractivity contribution in [3.8, 4) is 0 Å². The number of para-hydroxylation sites is 1. The van der Waals surface area contributed by atoms with E-state index in [9.17, 15) is 15.4 Å². The maximum absolute atomic E-state index is 14.1. The van der Waals surface area contributed by atoms with E-state index in [4.69, 9.17) is 0 Å². The van der Waals surface area contributed by atoms with Crippen LogP contribution < -0.4 is 4.90 Å². The summed E-state index contributed by atoms with van der Waals surface area (Å²) in [5, 5.41) is 36.8. The minimum absolute atomic E-state index is 0.00361. The van der Waals surface area contributed by atoms with E-state index in [0.29, 0.717) is 0 Å². The number of hydroxylamine groups is 3. The Morgan fingerprint density at radius 1 is 1.28 bits per heavy atom. The van der Waals surface area contributed by atoms with Crippen LogP contribution in [-0.2, 0) is 5.41 Å². The number of quaternary nitrogens is 1. The molecule has 5 nitrogen and oxygen atoms in total. The van der Waals surface area contributed by atoms with Gasteiger partial charge in [0.15, 0.2) is 6.23 Å². The fourth-order valence-electron chi connectivity index (χ4n) is 8.17. The molecule has 1 aliphatic carbocycles. The highest BCUT2D eigenvalue weighted by molar-refractivity contribution is 5.66. The fourth-order valence-corrected chi connectivity index (χ4v) is 8.17. The maximum atomic E-state index is 14.1. The highest BCUT2D eigenvalue weighted by Gasteiger charge is 2.81. The first-order chi connectivity index (χ1) is 12.0. The number of fused-ring (bicyclic) bond motifs is 2. The lowest BCUT2D eigenvalue weighted by atomic mass is 9.62. The SMILES string of the molecule is CC[C@H]1[C@@H]2C[C@H]3[C@@H]4N(C)c5ccccc5[C@]45C[C@@H]([C@H]2[C@H]5O)[N+]3([O-])[C@@H]1O. The van der Waals surface area contributed by atoms with Crippen molar-refractivity contribution in [2.75, 3.05) is 11.9 Å². The molecule has 1 unspecified atom stereocenters. The highest BCUT2D eigenvalue weighted by Crippen LogP contribution is 2.71. The maximum Gasteiger partial charge on any atom is 0.193 e. The number of nitrogens with zero attached hydrogens (tertiary/aromatic N) is 2. The topological polar surface area (TPSA) is 66.8 Å². The molecule has 0 aromatic heterocycles. The molecule has 4 saturated heterocycles. The Hall–Kier alpha value is -1.14. The van der Waals surface area contributed by atoms with E-state index in [2.05, 4.69) is 37.1 Å². The number of aliphatic hydroxyl groups is 2. The van der Waals surface area contributed by atoms with Gasteiger partial charge in [-0.1, -0.05) is 25.1 Å². The van der Waals surface area contributed by atoms with Crippen LogP contribution >= 0.6 is 0 Å². The van der Waals surface area contributed by atoms with E-state index in [1.54, 1.807) is 0 Å². The Bertz CT molecular complexity index is 771. The second kappa shape index (κ2) is 4.22. The van der Waals surface area contributed by atoms with Crippen molar-refractivity contribution in [2.45, 2.75) is 62.1 Å². The van der Waals surface area contributed by atoms with Crippen LogP contribution in [0.4, 0.5) is 5.69 Å². The smallest absolute Gasteiger partial charge is 0.193 e. The first-order valence-corrected chi connectivity index (χ1v) is 9.75. The van der Waals surface area contributed by atoms with Crippen molar-refractivity contribution in [1.82, 2.24) is 0 Å². The summed E-state index contributed by atoms with van der Waals surface area (Å²) >= 11 is 0. The molecular formula is C20H26N2O3. The second-order valence-electron chi connectivity index (χ2n) is 9.12. The molecule has 5 bridgehead atoms. The summed E-state index contributed by atoms with van der Waals surface area (Å²) in [7, 11) is 2.07. The molecule has 5 fully saturated rings. The Morgan fingerprint density at radius 3 is 2.80 bits per heavy atom. The normalized spacial score (nSPS) is 57.1. The lowest BCUT2D eigenvalue weighted by Gasteiger charge is -2.70. The van der Waals surface area contributed by atoms with Gasteiger partial charge in [0.25, 0.3) is 0 Å². The van der Waals surface area contributed by atoms with Crippen LogP contribution in [0.3, 0.4) is 0 Å². The molecule has 1 spiro atoms. The molecule has 134 valence electrons. The van der Waals surface area contributed by atoms with E-state index < -0.39 is 17.0 Å². The van der Waals surface area contributed by atoms with Crippen molar-refractivity contribution >= 4 is 5.69 Å². The van der Waals surface area contributed by atoms with E-state index in [1.807, 2.05) is 6.07 Å². The van der Waals surface area contributed by atoms with Gasteiger partial charge in [0.1, 0.15) is 6.04 Å². The largest absolute Gasteiger partial charge is 0.630 e. The predicted molar refractivity (Wildman–Crippen MR) is 93.5 cm³/mol. The zero-order valence-corrected chi connectivity index (χ0v) is 14.7. The quantitative estimate of drug-likeness (QED) is 0.600. The fraction of sp³-hybridized carbons (Fsp3) is 0.700. The molecule has 1 aromatic carbocycles. The average Bonchev–Trinajstić information content (AvgIpc) is 2.99. The minimum atomic E-state index is -0.824. The molecule has 0 radical (unpaired) electrons. The van der Waals surface area contributed by atoms with Crippen molar-refractivity contribution in [1.29, 1.82) is 0 Å². The molecule has 7 rings (SSSR count). The Balaban J connectivity index is 1.63.